The molecule has 1 aromatic rings. The van der Waals surface area contributed by atoms with Crippen molar-refractivity contribution in [1.82, 2.24) is 15.3 Å². The largest absolute Gasteiger partial charge is 0.355 e. The van der Waals surface area contributed by atoms with Crippen molar-refractivity contribution in [1.29, 1.82) is 5.26 Å². The third-order valence-electron chi connectivity index (χ3n) is 2.47. The molecule has 1 aromatic heterocycles. The maximum Gasteiger partial charge on any atom is 0.230 e. The molecule has 0 radical (unpaired) electrons. The summed E-state index contributed by atoms with van der Waals surface area (Å²) in [4.78, 5) is 20.0. The zero-order valence-corrected chi connectivity index (χ0v) is 12.3. The number of amides is 1. The van der Waals surface area contributed by atoms with Crippen LogP contribution in [0.15, 0.2) is 5.03 Å². The van der Waals surface area contributed by atoms with Crippen molar-refractivity contribution in [2.45, 2.75) is 38.6 Å². The number of aryl methyl sites for hydroxylation is 2. The molecule has 102 valence electrons. The maximum absolute atomic E-state index is 11.6. The zero-order valence-electron chi connectivity index (χ0n) is 11.5. The normalized spacial score (nSPS) is 10.0. The van der Waals surface area contributed by atoms with E-state index in [2.05, 4.69) is 28.3 Å². The van der Waals surface area contributed by atoms with Gasteiger partial charge in [0.05, 0.1) is 11.4 Å². The van der Waals surface area contributed by atoms with Crippen LogP contribution in [0.1, 0.15) is 36.8 Å². The second kappa shape index (κ2) is 7.74. The molecule has 0 bridgehead atoms. The lowest BCUT2D eigenvalue weighted by atomic mass is 10.3. The summed E-state index contributed by atoms with van der Waals surface area (Å²) < 4.78 is 0. The van der Waals surface area contributed by atoms with Crippen LogP contribution in [0, 0.1) is 25.2 Å². The van der Waals surface area contributed by atoms with Gasteiger partial charge in [-0.1, -0.05) is 25.1 Å². The van der Waals surface area contributed by atoms with Crippen molar-refractivity contribution in [3.63, 3.8) is 0 Å². The monoisotopic (exact) mass is 278 g/mol. The minimum absolute atomic E-state index is 0.0312. The Morgan fingerprint density at radius 3 is 2.79 bits per heavy atom. The lowest BCUT2D eigenvalue weighted by molar-refractivity contribution is -0.118. The first-order valence-electron chi connectivity index (χ1n) is 6.23. The third-order valence-corrected chi connectivity index (χ3v) is 3.45. The van der Waals surface area contributed by atoms with Crippen molar-refractivity contribution >= 4 is 17.7 Å². The highest BCUT2D eigenvalue weighted by molar-refractivity contribution is 8.00. The number of hydrogen-bond donors (Lipinski definition) is 1. The predicted molar refractivity (Wildman–Crippen MR) is 74.9 cm³/mol. The molecular formula is C13H18N4OS. The molecule has 1 N–H and O–H groups in total. The van der Waals surface area contributed by atoms with Gasteiger partial charge >= 0.3 is 0 Å². The molecule has 0 aliphatic rings. The summed E-state index contributed by atoms with van der Waals surface area (Å²) >= 11 is 1.28. The highest BCUT2D eigenvalue weighted by Crippen LogP contribution is 2.21. The standard InChI is InChI=1S/C13H18N4OS/c1-4-5-6-15-12(18)8-19-13-11(7-14)9(2)16-10(3)17-13/h4-6,8H2,1-3H3,(H,15,18). The number of nitrogens with zero attached hydrogens (tertiary/aromatic N) is 3. The zero-order chi connectivity index (χ0) is 14.3. The van der Waals surface area contributed by atoms with Gasteiger partial charge in [-0.3, -0.25) is 4.79 Å². The molecule has 0 atom stereocenters. The van der Waals surface area contributed by atoms with Gasteiger partial charge in [0.2, 0.25) is 5.91 Å². The van der Waals surface area contributed by atoms with Crippen molar-refractivity contribution in [3.05, 3.63) is 17.1 Å². The molecule has 6 heteroatoms. The van der Waals surface area contributed by atoms with Crippen LogP contribution in [0.4, 0.5) is 0 Å². The Morgan fingerprint density at radius 2 is 2.16 bits per heavy atom. The third kappa shape index (κ3) is 4.87. The molecule has 0 spiro atoms. The van der Waals surface area contributed by atoms with E-state index in [1.165, 1.54) is 11.8 Å². The van der Waals surface area contributed by atoms with Gasteiger partial charge in [0.25, 0.3) is 0 Å². The molecule has 0 aliphatic heterocycles. The highest BCUT2D eigenvalue weighted by atomic mass is 32.2. The summed E-state index contributed by atoms with van der Waals surface area (Å²) in [5.74, 6) is 0.857. The average molecular weight is 278 g/mol. The van der Waals surface area contributed by atoms with E-state index in [1.807, 2.05) is 0 Å². The molecule has 1 amide bonds. The average Bonchev–Trinajstić information content (AvgIpc) is 2.36. The second-order valence-corrected chi connectivity index (χ2v) is 5.10. The fourth-order valence-corrected chi connectivity index (χ4v) is 2.41. The van der Waals surface area contributed by atoms with Crippen molar-refractivity contribution in [3.8, 4) is 6.07 Å². The Kier molecular flexibility index (Phi) is 6.30. The van der Waals surface area contributed by atoms with Crippen molar-refractivity contribution in [2.75, 3.05) is 12.3 Å². The van der Waals surface area contributed by atoms with Crippen LogP contribution in [0.5, 0.6) is 0 Å². The summed E-state index contributed by atoms with van der Waals surface area (Å²) in [7, 11) is 0. The number of thioether (sulfide) groups is 1. The maximum atomic E-state index is 11.6. The lowest BCUT2D eigenvalue weighted by Crippen LogP contribution is -2.26. The van der Waals surface area contributed by atoms with E-state index in [9.17, 15) is 4.79 Å². The number of rotatable bonds is 6. The molecule has 0 fully saturated rings. The quantitative estimate of drug-likeness (QED) is 0.489. The number of nitrogens with one attached hydrogen (secondary N) is 1. The van der Waals surface area contributed by atoms with E-state index in [1.54, 1.807) is 13.8 Å². The summed E-state index contributed by atoms with van der Waals surface area (Å²) in [5, 5.41) is 12.5. The molecule has 19 heavy (non-hydrogen) atoms. The van der Waals surface area contributed by atoms with Crippen LogP contribution < -0.4 is 5.32 Å². The molecule has 1 rings (SSSR count). The Bertz CT molecular complexity index is 496. The minimum Gasteiger partial charge on any atom is -0.355 e. The molecule has 0 saturated carbocycles. The molecule has 0 aliphatic carbocycles. The van der Waals surface area contributed by atoms with Crippen LogP contribution >= 0.6 is 11.8 Å². The Labute approximate surface area is 117 Å². The van der Waals surface area contributed by atoms with Gasteiger partial charge in [0.1, 0.15) is 22.5 Å². The first-order valence-corrected chi connectivity index (χ1v) is 7.21. The summed E-state index contributed by atoms with van der Waals surface area (Å²) in [6, 6.07) is 2.09. The van der Waals surface area contributed by atoms with E-state index < -0.39 is 0 Å². The van der Waals surface area contributed by atoms with Gasteiger partial charge in [0.15, 0.2) is 0 Å². The fraction of sp³-hybridized carbons (Fsp3) is 0.538. The van der Waals surface area contributed by atoms with Crippen LogP contribution in [-0.4, -0.2) is 28.2 Å². The van der Waals surface area contributed by atoms with Crippen LogP contribution in [0.2, 0.25) is 0 Å². The van der Waals surface area contributed by atoms with Crippen LogP contribution in [-0.2, 0) is 4.79 Å². The summed E-state index contributed by atoms with van der Waals surface area (Å²) in [6.45, 7) is 6.33. The Balaban J connectivity index is 2.63. The number of carbonyl (C=O) groups is 1. The summed E-state index contributed by atoms with van der Waals surface area (Å²) in [6.07, 6.45) is 2.03. The van der Waals surface area contributed by atoms with Gasteiger partial charge in [-0.2, -0.15) is 5.26 Å². The topological polar surface area (TPSA) is 78.7 Å². The van der Waals surface area contributed by atoms with Crippen molar-refractivity contribution < 1.29 is 4.79 Å². The number of carbonyl (C=O) groups excluding carboxylic acids is 1. The van der Waals surface area contributed by atoms with E-state index in [0.717, 1.165) is 12.8 Å². The first-order chi connectivity index (χ1) is 9.08. The van der Waals surface area contributed by atoms with Crippen molar-refractivity contribution in [2.24, 2.45) is 0 Å². The van der Waals surface area contributed by atoms with E-state index >= 15 is 0 Å². The first kappa shape index (κ1) is 15.4. The Morgan fingerprint density at radius 1 is 1.42 bits per heavy atom. The second-order valence-electron chi connectivity index (χ2n) is 4.14. The van der Waals surface area contributed by atoms with Gasteiger partial charge in [-0.15, -0.1) is 0 Å². The fourth-order valence-electron chi connectivity index (χ4n) is 1.50. The van der Waals surface area contributed by atoms with Gasteiger partial charge in [-0.05, 0) is 20.3 Å². The molecule has 0 saturated heterocycles. The van der Waals surface area contributed by atoms with E-state index in [-0.39, 0.29) is 11.7 Å². The molecule has 0 aromatic carbocycles. The lowest BCUT2D eigenvalue weighted by Gasteiger charge is -2.07. The Hall–Kier alpha value is -1.61. The number of aromatic nitrogens is 2. The highest BCUT2D eigenvalue weighted by Gasteiger charge is 2.12. The van der Waals surface area contributed by atoms with Crippen LogP contribution in [0.3, 0.4) is 0 Å². The van der Waals surface area contributed by atoms with E-state index in [4.69, 9.17) is 5.26 Å². The molecule has 0 unspecified atom stereocenters. The SMILES string of the molecule is CCCCNC(=O)CSc1nc(C)nc(C)c1C#N. The number of nitriles is 1. The van der Waals surface area contributed by atoms with Gasteiger partial charge < -0.3 is 5.32 Å². The predicted octanol–water partition coefficient (Wildman–Crippen LogP) is 1.97. The van der Waals surface area contributed by atoms with Gasteiger partial charge in [0, 0.05) is 6.54 Å². The van der Waals surface area contributed by atoms with Gasteiger partial charge in [-0.25, -0.2) is 9.97 Å². The van der Waals surface area contributed by atoms with E-state index in [0.29, 0.717) is 28.7 Å². The molecule has 1 heterocycles. The van der Waals surface area contributed by atoms with Crippen LogP contribution in [0.25, 0.3) is 0 Å². The molecule has 5 nitrogen and oxygen atoms in total. The minimum atomic E-state index is -0.0312. The number of unbranched alkanes of at least 4 members (excludes halogenated alkanes) is 1. The number of hydrogen-bond acceptors (Lipinski definition) is 5. The summed E-state index contributed by atoms with van der Waals surface area (Å²) in [5.41, 5.74) is 1.11. The molecular weight excluding hydrogens is 260 g/mol. The smallest absolute Gasteiger partial charge is 0.230 e.